The molecule has 0 bridgehead atoms. The molecule has 2 N–H and O–H groups in total. The van der Waals surface area contributed by atoms with Gasteiger partial charge in [-0.05, 0) is 32.0 Å². The van der Waals surface area contributed by atoms with Gasteiger partial charge in [-0.2, -0.15) is 4.98 Å². The summed E-state index contributed by atoms with van der Waals surface area (Å²) in [7, 11) is 0. The van der Waals surface area contributed by atoms with E-state index in [2.05, 4.69) is 50.4 Å². The van der Waals surface area contributed by atoms with Crippen LogP contribution in [0, 0.1) is 0 Å². The normalized spacial score (nSPS) is 10.7. The van der Waals surface area contributed by atoms with Crippen molar-refractivity contribution in [1.29, 1.82) is 0 Å². The SMILES string of the molecule is CC(C)Nc1cc(-c2ccccc2)nc(Nc2cccc(Br)c2)n1. The van der Waals surface area contributed by atoms with Crippen LogP contribution in [0.2, 0.25) is 0 Å². The van der Waals surface area contributed by atoms with Gasteiger partial charge in [0.1, 0.15) is 5.82 Å². The number of halogens is 1. The molecule has 2 aromatic carbocycles. The van der Waals surface area contributed by atoms with Crippen molar-refractivity contribution in [3.05, 3.63) is 65.1 Å². The Morgan fingerprint density at radius 2 is 1.71 bits per heavy atom. The summed E-state index contributed by atoms with van der Waals surface area (Å²) >= 11 is 3.48. The number of benzene rings is 2. The molecule has 1 aromatic heterocycles. The Hall–Kier alpha value is -2.40. The first-order chi connectivity index (χ1) is 11.6. The third kappa shape index (κ3) is 4.32. The number of aromatic nitrogens is 2. The van der Waals surface area contributed by atoms with E-state index in [0.29, 0.717) is 12.0 Å². The molecule has 3 aromatic rings. The van der Waals surface area contributed by atoms with Gasteiger partial charge in [0, 0.05) is 27.8 Å². The van der Waals surface area contributed by atoms with E-state index in [1.54, 1.807) is 0 Å². The molecule has 0 radical (unpaired) electrons. The van der Waals surface area contributed by atoms with Gasteiger partial charge in [0.15, 0.2) is 0 Å². The second-order valence-corrected chi connectivity index (χ2v) is 6.68. The van der Waals surface area contributed by atoms with Crippen LogP contribution in [0.25, 0.3) is 11.3 Å². The second-order valence-electron chi connectivity index (χ2n) is 5.76. The molecule has 122 valence electrons. The minimum Gasteiger partial charge on any atom is -0.368 e. The first-order valence-electron chi connectivity index (χ1n) is 7.84. The van der Waals surface area contributed by atoms with Crippen LogP contribution in [0.15, 0.2) is 65.1 Å². The average Bonchev–Trinajstić information content (AvgIpc) is 2.55. The Labute approximate surface area is 150 Å². The van der Waals surface area contributed by atoms with Crippen LogP contribution in [-0.4, -0.2) is 16.0 Å². The van der Waals surface area contributed by atoms with Crippen molar-refractivity contribution in [2.45, 2.75) is 19.9 Å². The molecule has 3 rings (SSSR count). The Kier molecular flexibility index (Phi) is 5.11. The van der Waals surface area contributed by atoms with Crippen molar-refractivity contribution in [3.8, 4) is 11.3 Å². The van der Waals surface area contributed by atoms with Crippen LogP contribution in [0.1, 0.15) is 13.8 Å². The summed E-state index contributed by atoms with van der Waals surface area (Å²) < 4.78 is 1.01. The Bertz CT molecular complexity index is 819. The van der Waals surface area contributed by atoms with Crippen LogP contribution in [0.4, 0.5) is 17.5 Å². The third-order valence-electron chi connectivity index (χ3n) is 3.31. The van der Waals surface area contributed by atoms with E-state index in [1.807, 2.05) is 60.7 Å². The first-order valence-corrected chi connectivity index (χ1v) is 8.63. The highest BCUT2D eigenvalue weighted by Gasteiger charge is 2.08. The fourth-order valence-electron chi connectivity index (χ4n) is 2.32. The van der Waals surface area contributed by atoms with Crippen LogP contribution in [0.3, 0.4) is 0 Å². The summed E-state index contributed by atoms with van der Waals surface area (Å²) in [5.74, 6) is 1.37. The van der Waals surface area contributed by atoms with Gasteiger partial charge in [-0.3, -0.25) is 0 Å². The molecule has 0 amide bonds. The molecule has 0 fully saturated rings. The van der Waals surface area contributed by atoms with Crippen LogP contribution < -0.4 is 10.6 Å². The number of hydrogen-bond donors (Lipinski definition) is 2. The third-order valence-corrected chi connectivity index (χ3v) is 3.81. The molecule has 0 spiro atoms. The highest BCUT2D eigenvalue weighted by atomic mass is 79.9. The highest BCUT2D eigenvalue weighted by molar-refractivity contribution is 9.10. The van der Waals surface area contributed by atoms with Crippen LogP contribution in [0.5, 0.6) is 0 Å². The number of anilines is 3. The molecule has 0 aliphatic rings. The zero-order chi connectivity index (χ0) is 16.9. The fourth-order valence-corrected chi connectivity index (χ4v) is 2.72. The number of nitrogens with zero attached hydrogens (tertiary/aromatic N) is 2. The molecule has 0 unspecified atom stereocenters. The summed E-state index contributed by atoms with van der Waals surface area (Å²) in [5.41, 5.74) is 2.88. The van der Waals surface area contributed by atoms with Crippen molar-refractivity contribution in [2.24, 2.45) is 0 Å². The molecule has 0 saturated heterocycles. The zero-order valence-electron chi connectivity index (χ0n) is 13.6. The van der Waals surface area contributed by atoms with Gasteiger partial charge in [0.25, 0.3) is 0 Å². The van der Waals surface area contributed by atoms with E-state index >= 15 is 0 Å². The van der Waals surface area contributed by atoms with E-state index < -0.39 is 0 Å². The van der Waals surface area contributed by atoms with Gasteiger partial charge >= 0.3 is 0 Å². The minimum atomic E-state index is 0.294. The molecule has 0 atom stereocenters. The molecule has 0 saturated carbocycles. The molecule has 4 nitrogen and oxygen atoms in total. The van der Waals surface area contributed by atoms with Crippen molar-refractivity contribution in [3.63, 3.8) is 0 Å². The van der Waals surface area contributed by atoms with Crippen LogP contribution in [-0.2, 0) is 0 Å². The zero-order valence-corrected chi connectivity index (χ0v) is 15.2. The van der Waals surface area contributed by atoms with Crippen LogP contribution >= 0.6 is 15.9 Å². The smallest absolute Gasteiger partial charge is 0.229 e. The number of nitrogens with one attached hydrogen (secondary N) is 2. The quantitative estimate of drug-likeness (QED) is 0.614. The molecular weight excluding hydrogens is 364 g/mol. The lowest BCUT2D eigenvalue weighted by molar-refractivity contribution is 0.887. The molecule has 24 heavy (non-hydrogen) atoms. The summed E-state index contributed by atoms with van der Waals surface area (Å²) in [4.78, 5) is 9.23. The van der Waals surface area contributed by atoms with E-state index in [-0.39, 0.29) is 0 Å². The molecule has 0 aliphatic carbocycles. The summed E-state index contributed by atoms with van der Waals surface area (Å²) in [6, 6.07) is 20.3. The molecular formula is C19H19BrN4. The lowest BCUT2D eigenvalue weighted by Gasteiger charge is -2.13. The van der Waals surface area contributed by atoms with Crippen molar-refractivity contribution in [1.82, 2.24) is 9.97 Å². The second kappa shape index (κ2) is 7.45. The Morgan fingerprint density at radius 3 is 2.42 bits per heavy atom. The van der Waals surface area contributed by atoms with Gasteiger partial charge in [0.05, 0.1) is 5.69 Å². The van der Waals surface area contributed by atoms with Gasteiger partial charge < -0.3 is 10.6 Å². The first kappa shape index (κ1) is 16.5. The van der Waals surface area contributed by atoms with Crippen molar-refractivity contribution in [2.75, 3.05) is 10.6 Å². The monoisotopic (exact) mass is 382 g/mol. The van der Waals surface area contributed by atoms with Crippen molar-refractivity contribution < 1.29 is 0 Å². The maximum atomic E-state index is 4.66. The van der Waals surface area contributed by atoms with E-state index in [1.165, 1.54) is 0 Å². The number of rotatable bonds is 5. The summed E-state index contributed by atoms with van der Waals surface area (Å²) in [5, 5.41) is 6.63. The van der Waals surface area contributed by atoms with Gasteiger partial charge in [-0.25, -0.2) is 4.98 Å². The minimum absolute atomic E-state index is 0.294. The molecule has 1 heterocycles. The predicted octanol–water partition coefficient (Wildman–Crippen LogP) is 5.47. The Balaban J connectivity index is 1.98. The van der Waals surface area contributed by atoms with Gasteiger partial charge in [-0.1, -0.05) is 52.3 Å². The molecule has 0 aliphatic heterocycles. The van der Waals surface area contributed by atoms with Gasteiger partial charge in [0.2, 0.25) is 5.95 Å². The highest BCUT2D eigenvalue weighted by Crippen LogP contribution is 2.24. The van der Waals surface area contributed by atoms with Crippen molar-refractivity contribution >= 4 is 33.4 Å². The fraction of sp³-hybridized carbons (Fsp3) is 0.158. The van der Waals surface area contributed by atoms with E-state index in [4.69, 9.17) is 0 Å². The molecule has 5 heteroatoms. The standard InChI is InChI=1S/C19H19BrN4/c1-13(2)21-18-12-17(14-7-4-3-5-8-14)23-19(24-18)22-16-10-6-9-15(20)11-16/h3-13H,1-2H3,(H2,21,22,23,24). The Morgan fingerprint density at radius 1 is 0.917 bits per heavy atom. The van der Waals surface area contributed by atoms with E-state index in [0.717, 1.165) is 27.2 Å². The van der Waals surface area contributed by atoms with Gasteiger partial charge in [-0.15, -0.1) is 0 Å². The summed E-state index contributed by atoms with van der Waals surface area (Å²) in [6.45, 7) is 4.18. The summed E-state index contributed by atoms with van der Waals surface area (Å²) in [6.07, 6.45) is 0. The lowest BCUT2D eigenvalue weighted by atomic mass is 10.1. The predicted molar refractivity (Wildman–Crippen MR) is 104 cm³/mol. The topological polar surface area (TPSA) is 49.8 Å². The number of hydrogen-bond acceptors (Lipinski definition) is 4. The maximum Gasteiger partial charge on any atom is 0.229 e. The lowest BCUT2D eigenvalue weighted by Crippen LogP contribution is -2.12. The average molecular weight is 383 g/mol. The maximum absolute atomic E-state index is 4.66. The largest absolute Gasteiger partial charge is 0.368 e. The van der Waals surface area contributed by atoms with E-state index in [9.17, 15) is 0 Å².